The Balaban J connectivity index is 1.99. The van der Waals surface area contributed by atoms with Crippen LogP contribution in [0, 0.1) is 0 Å². The molecule has 6 heteroatoms. The number of hydrogen-bond acceptors (Lipinski definition) is 5. The Morgan fingerprint density at radius 1 is 1.14 bits per heavy atom. The summed E-state index contributed by atoms with van der Waals surface area (Å²) in [7, 11) is 0. The number of anilines is 2. The number of nitrogens with one attached hydrogen (secondary N) is 2. The smallest absolute Gasteiger partial charge is 0.276 e. The van der Waals surface area contributed by atoms with E-state index >= 15 is 0 Å². The van der Waals surface area contributed by atoms with Gasteiger partial charge < -0.3 is 15.4 Å². The van der Waals surface area contributed by atoms with E-state index in [1.807, 2.05) is 20.8 Å². The van der Waals surface area contributed by atoms with Gasteiger partial charge in [-0.25, -0.2) is 0 Å². The van der Waals surface area contributed by atoms with Crippen LogP contribution in [0.4, 0.5) is 11.5 Å². The third kappa shape index (κ3) is 4.44. The molecule has 1 heterocycles. The summed E-state index contributed by atoms with van der Waals surface area (Å²) in [6.07, 6.45) is 0. The van der Waals surface area contributed by atoms with Gasteiger partial charge >= 0.3 is 0 Å². The minimum absolute atomic E-state index is 0.262. The number of benzene rings is 1. The summed E-state index contributed by atoms with van der Waals surface area (Å²) in [4.78, 5) is 12.1. The van der Waals surface area contributed by atoms with Crippen molar-refractivity contribution in [2.45, 2.75) is 26.8 Å². The van der Waals surface area contributed by atoms with Gasteiger partial charge in [-0.05, 0) is 57.2 Å². The molecule has 0 fully saturated rings. The van der Waals surface area contributed by atoms with Crippen molar-refractivity contribution in [1.29, 1.82) is 0 Å². The first kappa shape index (κ1) is 15.8. The van der Waals surface area contributed by atoms with E-state index in [4.69, 9.17) is 4.74 Å². The molecule has 1 amide bonds. The standard InChI is InChI=1S/C16H20N4O2/c1-4-22-13-7-5-12(6-8-13)18-16(21)14-9-10-15(20-19-14)17-11(2)3/h5-11H,4H2,1-3H3,(H,17,20)(H,18,21). The van der Waals surface area contributed by atoms with Crippen molar-refractivity contribution in [3.8, 4) is 5.75 Å². The summed E-state index contributed by atoms with van der Waals surface area (Å²) in [5, 5.41) is 13.8. The number of carbonyl (C=O) groups is 1. The van der Waals surface area contributed by atoms with Gasteiger partial charge in [0, 0.05) is 11.7 Å². The van der Waals surface area contributed by atoms with E-state index in [0.29, 0.717) is 18.1 Å². The Morgan fingerprint density at radius 2 is 1.86 bits per heavy atom. The minimum Gasteiger partial charge on any atom is -0.494 e. The first-order valence-electron chi connectivity index (χ1n) is 7.23. The van der Waals surface area contributed by atoms with Gasteiger partial charge in [-0.1, -0.05) is 0 Å². The number of amides is 1. The van der Waals surface area contributed by atoms with Crippen molar-refractivity contribution in [1.82, 2.24) is 10.2 Å². The van der Waals surface area contributed by atoms with Gasteiger partial charge in [-0.3, -0.25) is 4.79 Å². The second-order valence-electron chi connectivity index (χ2n) is 5.01. The van der Waals surface area contributed by atoms with Crippen LogP contribution >= 0.6 is 0 Å². The number of ether oxygens (including phenoxy) is 1. The summed E-state index contributed by atoms with van der Waals surface area (Å²) in [5.74, 6) is 1.12. The molecule has 0 aliphatic carbocycles. The van der Waals surface area contributed by atoms with Crippen molar-refractivity contribution in [2.75, 3.05) is 17.2 Å². The molecular formula is C16H20N4O2. The second kappa shape index (κ2) is 7.40. The zero-order chi connectivity index (χ0) is 15.9. The van der Waals surface area contributed by atoms with Crippen LogP contribution in [0.5, 0.6) is 5.75 Å². The van der Waals surface area contributed by atoms with Gasteiger partial charge in [-0.15, -0.1) is 10.2 Å². The SMILES string of the molecule is CCOc1ccc(NC(=O)c2ccc(NC(C)C)nn2)cc1. The molecule has 22 heavy (non-hydrogen) atoms. The number of aromatic nitrogens is 2. The Kier molecular flexibility index (Phi) is 5.30. The topological polar surface area (TPSA) is 76.1 Å². The van der Waals surface area contributed by atoms with Crippen molar-refractivity contribution >= 4 is 17.4 Å². The molecule has 2 rings (SSSR count). The normalized spacial score (nSPS) is 10.4. The van der Waals surface area contributed by atoms with Crippen molar-refractivity contribution in [3.05, 3.63) is 42.1 Å². The molecule has 116 valence electrons. The fourth-order valence-electron chi connectivity index (χ4n) is 1.82. The maximum Gasteiger partial charge on any atom is 0.276 e. The van der Waals surface area contributed by atoms with E-state index in [9.17, 15) is 4.79 Å². The zero-order valence-corrected chi connectivity index (χ0v) is 13.0. The Bertz CT molecular complexity index is 609. The molecule has 1 aromatic heterocycles. The molecule has 0 saturated heterocycles. The van der Waals surface area contributed by atoms with Gasteiger partial charge in [0.2, 0.25) is 0 Å². The molecule has 2 aromatic rings. The van der Waals surface area contributed by atoms with Crippen LogP contribution in [0.15, 0.2) is 36.4 Å². The number of rotatable bonds is 6. The molecule has 0 unspecified atom stereocenters. The Labute approximate surface area is 129 Å². The van der Waals surface area contributed by atoms with E-state index in [2.05, 4.69) is 20.8 Å². The zero-order valence-electron chi connectivity index (χ0n) is 13.0. The number of hydrogen-bond donors (Lipinski definition) is 2. The van der Waals surface area contributed by atoms with E-state index in [1.54, 1.807) is 36.4 Å². The average Bonchev–Trinajstić information content (AvgIpc) is 2.49. The fourth-order valence-corrected chi connectivity index (χ4v) is 1.82. The first-order valence-corrected chi connectivity index (χ1v) is 7.23. The fraction of sp³-hybridized carbons (Fsp3) is 0.312. The highest BCUT2D eigenvalue weighted by molar-refractivity contribution is 6.02. The van der Waals surface area contributed by atoms with Crippen LogP contribution in [-0.2, 0) is 0 Å². The van der Waals surface area contributed by atoms with E-state index in [-0.39, 0.29) is 17.6 Å². The van der Waals surface area contributed by atoms with E-state index < -0.39 is 0 Å². The maximum absolute atomic E-state index is 12.1. The van der Waals surface area contributed by atoms with Crippen LogP contribution in [0.3, 0.4) is 0 Å². The van der Waals surface area contributed by atoms with Gasteiger partial charge in [-0.2, -0.15) is 0 Å². The molecule has 0 aliphatic rings. The van der Waals surface area contributed by atoms with Crippen LogP contribution in [0.25, 0.3) is 0 Å². The maximum atomic E-state index is 12.1. The summed E-state index contributed by atoms with van der Waals surface area (Å²) >= 11 is 0. The molecule has 2 N–H and O–H groups in total. The largest absolute Gasteiger partial charge is 0.494 e. The lowest BCUT2D eigenvalue weighted by molar-refractivity contribution is 0.102. The van der Waals surface area contributed by atoms with Crippen LogP contribution in [0.1, 0.15) is 31.3 Å². The predicted octanol–water partition coefficient (Wildman–Crippen LogP) is 2.95. The lowest BCUT2D eigenvalue weighted by Gasteiger charge is -2.09. The van der Waals surface area contributed by atoms with Crippen LogP contribution < -0.4 is 15.4 Å². The molecular weight excluding hydrogens is 280 g/mol. The second-order valence-corrected chi connectivity index (χ2v) is 5.01. The first-order chi connectivity index (χ1) is 10.6. The molecule has 0 aliphatic heterocycles. The molecule has 0 radical (unpaired) electrons. The summed E-state index contributed by atoms with van der Waals surface area (Å²) in [5.41, 5.74) is 0.947. The van der Waals surface area contributed by atoms with E-state index in [1.165, 1.54) is 0 Å². The average molecular weight is 300 g/mol. The minimum atomic E-state index is -0.298. The van der Waals surface area contributed by atoms with Crippen LogP contribution in [-0.4, -0.2) is 28.8 Å². The quantitative estimate of drug-likeness (QED) is 0.857. The molecule has 0 atom stereocenters. The van der Waals surface area contributed by atoms with Gasteiger partial charge in [0.1, 0.15) is 11.6 Å². The van der Waals surface area contributed by atoms with Crippen molar-refractivity contribution < 1.29 is 9.53 Å². The predicted molar refractivity (Wildman–Crippen MR) is 86.4 cm³/mol. The van der Waals surface area contributed by atoms with Crippen molar-refractivity contribution in [2.24, 2.45) is 0 Å². The Morgan fingerprint density at radius 3 is 2.41 bits per heavy atom. The molecule has 0 bridgehead atoms. The monoisotopic (exact) mass is 300 g/mol. The summed E-state index contributed by atoms with van der Waals surface area (Å²) in [6, 6.07) is 10.8. The van der Waals surface area contributed by atoms with E-state index in [0.717, 1.165) is 5.75 Å². The molecule has 0 spiro atoms. The highest BCUT2D eigenvalue weighted by Gasteiger charge is 2.09. The lowest BCUT2D eigenvalue weighted by atomic mass is 10.3. The van der Waals surface area contributed by atoms with Gasteiger partial charge in [0.25, 0.3) is 5.91 Å². The van der Waals surface area contributed by atoms with Gasteiger partial charge in [0.05, 0.1) is 6.61 Å². The third-order valence-electron chi connectivity index (χ3n) is 2.76. The third-order valence-corrected chi connectivity index (χ3v) is 2.76. The summed E-state index contributed by atoms with van der Waals surface area (Å²) < 4.78 is 5.35. The summed E-state index contributed by atoms with van der Waals surface area (Å²) in [6.45, 7) is 6.55. The lowest BCUT2D eigenvalue weighted by Crippen LogP contribution is -2.16. The molecule has 0 saturated carbocycles. The molecule has 6 nitrogen and oxygen atoms in total. The van der Waals surface area contributed by atoms with Crippen LogP contribution in [0.2, 0.25) is 0 Å². The van der Waals surface area contributed by atoms with Crippen molar-refractivity contribution in [3.63, 3.8) is 0 Å². The van der Waals surface area contributed by atoms with Gasteiger partial charge in [0.15, 0.2) is 5.69 Å². The number of nitrogens with zero attached hydrogens (tertiary/aromatic N) is 2. The highest BCUT2D eigenvalue weighted by atomic mass is 16.5. The highest BCUT2D eigenvalue weighted by Crippen LogP contribution is 2.16. The molecule has 1 aromatic carbocycles. The Hall–Kier alpha value is -2.63. The number of carbonyl (C=O) groups excluding carboxylic acids is 1.